The van der Waals surface area contributed by atoms with Gasteiger partial charge in [-0.05, 0) is 24.3 Å². The predicted molar refractivity (Wildman–Crippen MR) is 62.6 cm³/mol. The van der Waals surface area contributed by atoms with Gasteiger partial charge in [-0.1, -0.05) is 17.7 Å². The van der Waals surface area contributed by atoms with Crippen LogP contribution < -0.4 is 4.74 Å². The van der Waals surface area contributed by atoms with Gasteiger partial charge in [0, 0.05) is 6.07 Å². The topological polar surface area (TPSA) is 33.0 Å². The van der Waals surface area contributed by atoms with Gasteiger partial charge in [0.05, 0.1) is 5.02 Å². The third-order valence-corrected chi connectivity index (χ3v) is 2.52. The molecule has 0 fully saturated rings. The van der Waals surface area contributed by atoms with Crippen molar-refractivity contribution in [1.29, 1.82) is 5.26 Å². The van der Waals surface area contributed by atoms with Gasteiger partial charge in [0.2, 0.25) is 0 Å². The normalized spacial score (nSPS) is 9.89. The average molecular weight is 266 g/mol. The molecule has 0 amide bonds. The minimum atomic E-state index is -1.02. The molecule has 0 bridgehead atoms. The van der Waals surface area contributed by atoms with Gasteiger partial charge in [-0.15, -0.1) is 0 Å². The lowest BCUT2D eigenvalue weighted by molar-refractivity contribution is 0.460. The van der Waals surface area contributed by atoms with Crippen LogP contribution in [0.1, 0.15) is 5.56 Å². The Bertz CT molecular complexity index is 637. The lowest BCUT2D eigenvalue weighted by atomic mass is 10.2. The maximum Gasteiger partial charge on any atom is 0.162 e. The maximum atomic E-state index is 13.0. The molecule has 0 aliphatic carbocycles. The number of ether oxygens (including phenoxy) is 1. The summed E-state index contributed by atoms with van der Waals surface area (Å²) in [4.78, 5) is 0. The van der Waals surface area contributed by atoms with Crippen LogP contribution in [-0.2, 0) is 0 Å². The average Bonchev–Trinajstić information content (AvgIpc) is 2.34. The van der Waals surface area contributed by atoms with E-state index < -0.39 is 11.6 Å². The molecule has 0 aliphatic rings. The summed E-state index contributed by atoms with van der Waals surface area (Å²) in [5.41, 5.74) is 0.142. The van der Waals surface area contributed by atoms with Crippen molar-refractivity contribution in [3.63, 3.8) is 0 Å². The van der Waals surface area contributed by atoms with Gasteiger partial charge in [-0.25, -0.2) is 8.78 Å². The van der Waals surface area contributed by atoms with Crippen molar-refractivity contribution in [1.82, 2.24) is 0 Å². The molecule has 0 saturated carbocycles. The fraction of sp³-hybridized carbons (Fsp3) is 0. The minimum Gasteiger partial charge on any atom is -0.456 e. The third kappa shape index (κ3) is 2.41. The molecule has 18 heavy (non-hydrogen) atoms. The van der Waals surface area contributed by atoms with E-state index in [0.29, 0.717) is 0 Å². The molecule has 0 heterocycles. The highest BCUT2D eigenvalue weighted by atomic mass is 35.5. The van der Waals surface area contributed by atoms with Crippen LogP contribution in [0.2, 0.25) is 5.02 Å². The van der Waals surface area contributed by atoms with Gasteiger partial charge >= 0.3 is 0 Å². The summed E-state index contributed by atoms with van der Waals surface area (Å²) in [6, 6.07) is 9.65. The quantitative estimate of drug-likeness (QED) is 0.812. The van der Waals surface area contributed by atoms with Crippen molar-refractivity contribution in [2.75, 3.05) is 0 Å². The Labute approximate surface area is 107 Å². The van der Waals surface area contributed by atoms with Crippen LogP contribution in [0.15, 0.2) is 36.4 Å². The fourth-order valence-electron chi connectivity index (χ4n) is 1.37. The van der Waals surface area contributed by atoms with E-state index in [9.17, 15) is 8.78 Å². The first kappa shape index (κ1) is 12.3. The minimum absolute atomic E-state index is 0.0904. The van der Waals surface area contributed by atoms with E-state index >= 15 is 0 Å². The van der Waals surface area contributed by atoms with Crippen molar-refractivity contribution < 1.29 is 13.5 Å². The lowest BCUT2D eigenvalue weighted by Crippen LogP contribution is -1.91. The Kier molecular flexibility index (Phi) is 3.45. The number of rotatable bonds is 2. The zero-order valence-corrected chi connectivity index (χ0v) is 9.71. The molecule has 2 nitrogen and oxygen atoms in total. The molecule has 2 aromatic rings. The SMILES string of the molecule is N#Cc1c(Cl)cccc1Oc1ccc(F)c(F)c1. The van der Waals surface area contributed by atoms with Gasteiger partial charge in [0.15, 0.2) is 11.6 Å². The first-order valence-corrected chi connectivity index (χ1v) is 5.31. The molecular formula is C13H6ClF2NO. The first-order valence-electron chi connectivity index (χ1n) is 4.93. The molecule has 5 heteroatoms. The van der Waals surface area contributed by atoms with Crippen molar-refractivity contribution in [2.24, 2.45) is 0 Å². The van der Waals surface area contributed by atoms with Gasteiger partial charge in [0.1, 0.15) is 23.1 Å². The first-order chi connectivity index (χ1) is 8.61. The summed E-state index contributed by atoms with van der Waals surface area (Å²) in [5, 5.41) is 9.16. The van der Waals surface area contributed by atoms with E-state index in [1.54, 1.807) is 6.07 Å². The molecule has 90 valence electrons. The Morgan fingerprint density at radius 3 is 2.56 bits per heavy atom. The highest BCUT2D eigenvalue weighted by Gasteiger charge is 2.10. The summed E-state index contributed by atoms with van der Waals surface area (Å²) in [7, 11) is 0. The van der Waals surface area contributed by atoms with E-state index in [1.807, 2.05) is 6.07 Å². The third-order valence-electron chi connectivity index (χ3n) is 2.21. The molecule has 0 N–H and O–H groups in total. The highest BCUT2D eigenvalue weighted by Crippen LogP contribution is 2.30. The van der Waals surface area contributed by atoms with Gasteiger partial charge in [0.25, 0.3) is 0 Å². The Morgan fingerprint density at radius 1 is 1.11 bits per heavy atom. The van der Waals surface area contributed by atoms with E-state index in [4.69, 9.17) is 21.6 Å². The second-order valence-electron chi connectivity index (χ2n) is 3.40. The largest absolute Gasteiger partial charge is 0.456 e. The van der Waals surface area contributed by atoms with Crippen LogP contribution >= 0.6 is 11.6 Å². The molecule has 0 aromatic heterocycles. The predicted octanol–water partition coefficient (Wildman–Crippen LogP) is 4.28. The molecule has 2 aromatic carbocycles. The van der Waals surface area contributed by atoms with Crippen molar-refractivity contribution in [3.05, 3.63) is 58.6 Å². The molecule has 0 radical (unpaired) electrons. The molecule has 0 saturated heterocycles. The van der Waals surface area contributed by atoms with Crippen LogP contribution in [0.4, 0.5) is 8.78 Å². The summed E-state index contributed by atoms with van der Waals surface area (Å²) >= 11 is 5.82. The Balaban J connectivity index is 2.37. The lowest BCUT2D eigenvalue weighted by Gasteiger charge is -2.08. The number of nitrogens with zero attached hydrogens (tertiary/aromatic N) is 1. The van der Waals surface area contributed by atoms with Crippen molar-refractivity contribution >= 4 is 11.6 Å². The zero-order chi connectivity index (χ0) is 13.1. The second-order valence-corrected chi connectivity index (χ2v) is 3.81. The molecular weight excluding hydrogens is 260 g/mol. The van der Waals surface area contributed by atoms with Crippen LogP contribution in [-0.4, -0.2) is 0 Å². The number of benzene rings is 2. The summed E-state index contributed by atoms with van der Waals surface area (Å²) < 4.78 is 31.0. The van der Waals surface area contributed by atoms with Crippen LogP contribution in [0.3, 0.4) is 0 Å². The van der Waals surface area contributed by atoms with Crippen molar-refractivity contribution in [3.8, 4) is 17.6 Å². The summed E-state index contributed by atoms with van der Waals surface area (Å²) in [5.74, 6) is -1.70. The Hall–Kier alpha value is -2.12. The zero-order valence-electron chi connectivity index (χ0n) is 8.95. The fourth-order valence-corrected chi connectivity index (χ4v) is 1.57. The summed E-state index contributed by atoms with van der Waals surface area (Å²) in [6.07, 6.45) is 0. The van der Waals surface area contributed by atoms with E-state index in [0.717, 1.165) is 12.1 Å². The number of hydrogen-bond acceptors (Lipinski definition) is 2. The van der Waals surface area contributed by atoms with Crippen LogP contribution in [0.25, 0.3) is 0 Å². The molecule has 0 atom stereocenters. The number of halogens is 3. The van der Waals surface area contributed by atoms with E-state index in [2.05, 4.69) is 0 Å². The molecule has 0 unspecified atom stereocenters. The van der Waals surface area contributed by atoms with Crippen LogP contribution in [0.5, 0.6) is 11.5 Å². The van der Waals surface area contributed by atoms with Crippen LogP contribution in [0, 0.1) is 23.0 Å². The molecule has 0 spiro atoms. The smallest absolute Gasteiger partial charge is 0.162 e. The number of nitriles is 1. The van der Waals surface area contributed by atoms with Gasteiger partial charge < -0.3 is 4.74 Å². The Morgan fingerprint density at radius 2 is 1.89 bits per heavy atom. The highest BCUT2D eigenvalue weighted by molar-refractivity contribution is 6.31. The van der Waals surface area contributed by atoms with Gasteiger partial charge in [-0.2, -0.15) is 5.26 Å². The monoisotopic (exact) mass is 265 g/mol. The van der Waals surface area contributed by atoms with E-state index in [-0.39, 0.29) is 22.1 Å². The molecule has 2 rings (SSSR count). The summed E-state index contributed by atoms with van der Waals surface area (Å²) in [6.45, 7) is 0. The number of hydrogen-bond donors (Lipinski definition) is 0. The second kappa shape index (κ2) is 5.03. The standard InChI is InChI=1S/C13H6ClF2NO/c14-10-2-1-3-13(9(10)7-17)18-8-4-5-11(15)12(16)6-8/h1-6H. The van der Waals surface area contributed by atoms with Crippen molar-refractivity contribution in [2.45, 2.75) is 0 Å². The molecule has 0 aliphatic heterocycles. The maximum absolute atomic E-state index is 13.0. The van der Waals surface area contributed by atoms with Gasteiger partial charge in [-0.3, -0.25) is 0 Å². The van der Waals surface area contributed by atoms with E-state index in [1.165, 1.54) is 18.2 Å².